The lowest BCUT2D eigenvalue weighted by Gasteiger charge is -2.06. The second kappa shape index (κ2) is 6.52. The summed E-state index contributed by atoms with van der Waals surface area (Å²) in [4.78, 5) is 0. The lowest BCUT2D eigenvalue weighted by Crippen LogP contribution is -2.04. The number of rotatable bonds is 4. The number of hydrogen-bond donors (Lipinski definition) is 2. The molecule has 0 radical (unpaired) electrons. The molecule has 4 aromatic rings. The third-order valence-corrected chi connectivity index (χ3v) is 4.43. The summed E-state index contributed by atoms with van der Waals surface area (Å²) >= 11 is 0. The van der Waals surface area contributed by atoms with Gasteiger partial charge in [0.05, 0.1) is 24.9 Å². The molecule has 5 heteroatoms. The van der Waals surface area contributed by atoms with Crippen LogP contribution in [0.3, 0.4) is 0 Å². The molecule has 0 spiro atoms. The fourth-order valence-electron chi connectivity index (χ4n) is 3.10. The van der Waals surface area contributed by atoms with Crippen molar-refractivity contribution in [2.75, 3.05) is 13.7 Å². The molecule has 0 aliphatic heterocycles. The third-order valence-electron chi connectivity index (χ3n) is 4.43. The van der Waals surface area contributed by atoms with Crippen molar-refractivity contribution >= 4 is 27.6 Å². The van der Waals surface area contributed by atoms with Gasteiger partial charge in [-0.3, -0.25) is 10.5 Å². The van der Waals surface area contributed by atoms with E-state index in [9.17, 15) is 0 Å². The van der Waals surface area contributed by atoms with Crippen LogP contribution in [-0.4, -0.2) is 29.8 Å². The van der Waals surface area contributed by atoms with Gasteiger partial charge in [-0.15, -0.1) is 0 Å². The summed E-state index contributed by atoms with van der Waals surface area (Å²) in [5, 5.41) is 18.8. The van der Waals surface area contributed by atoms with E-state index in [1.807, 2.05) is 43.3 Å². The van der Waals surface area contributed by atoms with E-state index in [1.165, 1.54) is 0 Å². The van der Waals surface area contributed by atoms with Gasteiger partial charge in [0.15, 0.2) is 0 Å². The molecule has 3 aromatic carbocycles. The first kappa shape index (κ1) is 16.1. The Labute approximate surface area is 151 Å². The normalized spacial score (nSPS) is 11.0. The van der Waals surface area contributed by atoms with Crippen LogP contribution in [0.1, 0.15) is 12.5 Å². The molecule has 0 bridgehead atoms. The van der Waals surface area contributed by atoms with Crippen molar-refractivity contribution in [3.63, 3.8) is 0 Å². The Balaban J connectivity index is 1.84. The Morgan fingerprint density at radius 1 is 1.04 bits per heavy atom. The van der Waals surface area contributed by atoms with Crippen LogP contribution < -0.4 is 4.74 Å². The molecular formula is C21H19N3O2. The van der Waals surface area contributed by atoms with Crippen LogP contribution >= 0.6 is 0 Å². The summed E-state index contributed by atoms with van der Waals surface area (Å²) in [5.74, 6) is 0.999. The highest BCUT2D eigenvalue weighted by molar-refractivity contribution is 6.01. The van der Waals surface area contributed by atoms with Crippen LogP contribution in [-0.2, 0) is 4.74 Å². The first-order chi connectivity index (χ1) is 12.7. The number of aromatic nitrogens is 2. The van der Waals surface area contributed by atoms with E-state index in [0.717, 1.165) is 44.2 Å². The van der Waals surface area contributed by atoms with E-state index in [4.69, 9.17) is 14.9 Å². The molecule has 0 aliphatic rings. The summed E-state index contributed by atoms with van der Waals surface area (Å²) in [6.07, 6.45) is 0. The number of ether oxygens (including phenoxy) is 2. The Morgan fingerprint density at radius 3 is 2.69 bits per heavy atom. The lowest BCUT2D eigenvalue weighted by atomic mass is 10.0. The van der Waals surface area contributed by atoms with Crippen molar-refractivity contribution in [1.29, 1.82) is 5.41 Å². The zero-order valence-electron chi connectivity index (χ0n) is 14.7. The molecule has 4 rings (SSSR count). The minimum atomic E-state index is 0.171. The predicted octanol–water partition coefficient (Wildman–Crippen LogP) is 4.75. The van der Waals surface area contributed by atoms with Gasteiger partial charge < -0.3 is 9.47 Å². The van der Waals surface area contributed by atoms with E-state index >= 15 is 0 Å². The molecule has 0 aliphatic carbocycles. The Bertz CT molecular complexity index is 1110. The van der Waals surface area contributed by atoms with E-state index in [-0.39, 0.29) is 5.90 Å². The minimum absolute atomic E-state index is 0.171. The van der Waals surface area contributed by atoms with Crippen LogP contribution in [0.4, 0.5) is 0 Å². The van der Waals surface area contributed by atoms with Crippen LogP contribution in [0.2, 0.25) is 0 Å². The summed E-state index contributed by atoms with van der Waals surface area (Å²) in [7, 11) is 1.67. The van der Waals surface area contributed by atoms with Gasteiger partial charge in [-0.2, -0.15) is 5.10 Å². The summed E-state index contributed by atoms with van der Waals surface area (Å²) in [5.41, 5.74) is 3.54. The fraction of sp³-hybridized carbons (Fsp3) is 0.143. The summed E-state index contributed by atoms with van der Waals surface area (Å²) in [6, 6.07) is 18.0. The quantitative estimate of drug-likeness (QED) is 0.414. The molecule has 0 saturated heterocycles. The van der Waals surface area contributed by atoms with Gasteiger partial charge >= 0.3 is 0 Å². The standard InChI is InChI=1S/C21H19N3O2/c1-3-26-21(22)15-7-9-19-18(12-15)20(24-23-19)14-5-4-13-6-8-17(25-2)11-16(13)10-14/h4-12,22H,3H2,1-2H3,(H,23,24). The van der Waals surface area contributed by atoms with Crippen molar-refractivity contribution < 1.29 is 9.47 Å². The number of fused-ring (bicyclic) bond motifs is 2. The molecular weight excluding hydrogens is 326 g/mol. The number of aromatic amines is 1. The van der Waals surface area contributed by atoms with E-state index in [0.29, 0.717) is 6.61 Å². The first-order valence-electron chi connectivity index (χ1n) is 8.47. The fourth-order valence-corrected chi connectivity index (χ4v) is 3.10. The SMILES string of the molecule is CCOC(=N)c1ccc2[nH]nc(-c3ccc4ccc(OC)cc4c3)c2c1. The van der Waals surface area contributed by atoms with Crippen molar-refractivity contribution in [2.45, 2.75) is 6.92 Å². The highest BCUT2D eigenvalue weighted by Crippen LogP contribution is 2.31. The number of benzene rings is 3. The maximum absolute atomic E-state index is 8.02. The molecule has 0 unspecified atom stereocenters. The minimum Gasteiger partial charge on any atom is -0.497 e. The molecule has 1 heterocycles. The molecule has 130 valence electrons. The van der Waals surface area contributed by atoms with Gasteiger partial charge in [0.25, 0.3) is 0 Å². The molecule has 0 amide bonds. The van der Waals surface area contributed by atoms with Gasteiger partial charge in [-0.05, 0) is 54.1 Å². The van der Waals surface area contributed by atoms with Gasteiger partial charge in [0.2, 0.25) is 5.90 Å². The molecule has 5 nitrogen and oxygen atoms in total. The largest absolute Gasteiger partial charge is 0.497 e. The molecule has 0 fully saturated rings. The molecule has 26 heavy (non-hydrogen) atoms. The number of H-pyrrole nitrogens is 1. The van der Waals surface area contributed by atoms with E-state index in [2.05, 4.69) is 28.4 Å². The molecule has 2 N–H and O–H groups in total. The van der Waals surface area contributed by atoms with Crippen molar-refractivity contribution in [3.8, 4) is 17.0 Å². The number of nitrogens with zero attached hydrogens (tertiary/aromatic N) is 1. The Kier molecular flexibility index (Phi) is 4.05. The van der Waals surface area contributed by atoms with E-state index in [1.54, 1.807) is 7.11 Å². The monoisotopic (exact) mass is 345 g/mol. The van der Waals surface area contributed by atoms with Crippen molar-refractivity contribution in [1.82, 2.24) is 10.2 Å². The Morgan fingerprint density at radius 2 is 1.88 bits per heavy atom. The van der Waals surface area contributed by atoms with Crippen LogP contribution in [0.15, 0.2) is 54.6 Å². The Hall–Kier alpha value is -3.34. The topological polar surface area (TPSA) is 71.0 Å². The first-order valence-corrected chi connectivity index (χ1v) is 8.47. The van der Waals surface area contributed by atoms with Crippen LogP contribution in [0.5, 0.6) is 5.75 Å². The molecule has 1 aromatic heterocycles. The average molecular weight is 345 g/mol. The maximum Gasteiger partial charge on any atom is 0.213 e. The number of hydrogen-bond acceptors (Lipinski definition) is 4. The molecule has 0 atom stereocenters. The molecule has 0 saturated carbocycles. The smallest absolute Gasteiger partial charge is 0.213 e. The predicted molar refractivity (Wildman–Crippen MR) is 104 cm³/mol. The zero-order chi connectivity index (χ0) is 18.1. The highest BCUT2D eigenvalue weighted by atomic mass is 16.5. The van der Waals surface area contributed by atoms with Crippen molar-refractivity contribution in [2.24, 2.45) is 0 Å². The second-order valence-corrected chi connectivity index (χ2v) is 6.02. The third kappa shape index (κ3) is 2.77. The van der Waals surface area contributed by atoms with Gasteiger partial charge in [-0.25, -0.2) is 0 Å². The van der Waals surface area contributed by atoms with Crippen LogP contribution in [0.25, 0.3) is 32.9 Å². The highest BCUT2D eigenvalue weighted by Gasteiger charge is 2.12. The lowest BCUT2D eigenvalue weighted by molar-refractivity contribution is 0.325. The van der Waals surface area contributed by atoms with E-state index < -0.39 is 0 Å². The maximum atomic E-state index is 8.02. The second-order valence-electron chi connectivity index (χ2n) is 6.02. The van der Waals surface area contributed by atoms with Crippen molar-refractivity contribution in [3.05, 3.63) is 60.2 Å². The number of nitrogens with one attached hydrogen (secondary N) is 2. The zero-order valence-corrected chi connectivity index (χ0v) is 14.7. The van der Waals surface area contributed by atoms with Gasteiger partial charge in [0.1, 0.15) is 5.75 Å². The van der Waals surface area contributed by atoms with Gasteiger partial charge in [0, 0.05) is 16.5 Å². The van der Waals surface area contributed by atoms with Crippen LogP contribution in [0, 0.1) is 5.41 Å². The van der Waals surface area contributed by atoms with Gasteiger partial charge in [-0.1, -0.05) is 18.2 Å². The number of methoxy groups -OCH3 is 1. The summed E-state index contributed by atoms with van der Waals surface area (Å²) < 4.78 is 10.6. The average Bonchev–Trinajstić information content (AvgIpc) is 3.10. The summed E-state index contributed by atoms with van der Waals surface area (Å²) in [6.45, 7) is 2.35.